The van der Waals surface area contributed by atoms with Crippen LogP contribution in [0.15, 0.2) is 12.3 Å². The number of hydrogen-bond acceptors (Lipinski definition) is 2. The molecule has 0 aliphatic carbocycles. The molecule has 0 aliphatic rings. The van der Waals surface area contributed by atoms with E-state index in [2.05, 4.69) is 4.98 Å². The first kappa shape index (κ1) is 8.20. The van der Waals surface area contributed by atoms with Gasteiger partial charge in [-0.05, 0) is 6.07 Å². The molecule has 0 N–H and O–H groups in total. The molecular weight excluding hydrogens is 167 g/mol. The van der Waals surface area contributed by atoms with E-state index in [4.69, 9.17) is 19.4 Å². The highest BCUT2D eigenvalue weighted by atomic mass is 35.5. The molecule has 1 rings (SSSR count). The summed E-state index contributed by atoms with van der Waals surface area (Å²) in [5, 5.41) is -0.0844. The topological polar surface area (TPSA) is 30.0 Å². The molecule has 0 spiro atoms. The summed E-state index contributed by atoms with van der Waals surface area (Å²) in [5.74, 6) is -0.636. The minimum atomic E-state index is -0.790. The highest BCUT2D eigenvalue weighted by molar-refractivity contribution is 6.63. The van der Waals surface area contributed by atoms with Crippen LogP contribution in [0.2, 0.25) is 5.15 Å². The van der Waals surface area contributed by atoms with Crippen molar-refractivity contribution in [3.63, 3.8) is 0 Å². The average molecular weight is 169 g/mol. The molecule has 0 bridgehead atoms. The summed E-state index contributed by atoms with van der Waals surface area (Å²) in [6.07, 6.45) is 0.911. The third kappa shape index (κ3) is 1.77. The fourth-order valence-electron chi connectivity index (χ4n) is 0.595. The van der Waals surface area contributed by atoms with Crippen LogP contribution in [0.3, 0.4) is 0 Å². The van der Waals surface area contributed by atoms with Crippen molar-refractivity contribution in [3.8, 4) is 0 Å². The number of aromatic nitrogens is 1. The summed E-state index contributed by atoms with van der Waals surface area (Å²) in [5.41, 5.74) is -0.895. The standard InChI is InChI=1S/C6H2BClFNO/c7-5(11)4-1-3(9)2-10-6(4)8/h1-2H. The number of hydrogen-bond donors (Lipinski definition) is 0. The molecule has 5 heteroatoms. The van der Waals surface area contributed by atoms with Crippen molar-refractivity contribution < 1.29 is 9.18 Å². The van der Waals surface area contributed by atoms with E-state index in [9.17, 15) is 9.18 Å². The van der Waals surface area contributed by atoms with Crippen LogP contribution < -0.4 is 0 Å². The van der Waals surface area contributed by atoms with E-state index in [-0.39, 0.29) is 10.7 Å². The van der Waals surface area contributed by atoms with E-state index < -0.39 is 11.5 Å². The molecule has 0 aromatic carbocycles. The number of pyridine rings is 1. The third-order valence-electron chi connectivity index (χ3n) is 1.07. The van der Waals surface area contributed by atoms with Crippen LogP contribution in [0.1, 0.15) is 10.4 Å². The van der Waals surface area contributed by atoms with Crippen molar-refractivity contribution >= 4 is 25.1 Å². The Labute approximate surface area is 68.8 Å². The molecule has 0 amide bonds. The van der Waals surface area contributed by atoms with E-state index in [1.807, 2.05) is 0 Å². The maximum absolute atomic E-state index is 12.4. The van der Waals surface area contributed by atoms with Gasteiger partial charge in [-0.3, -0.25) is 0 Å². The predicted octanol–water partition coefficient (Wildman–Crippen LogP) is 1.18. The van der Waals surface area contributed by atoms with Crippen LogP contribution in [0, 0.1) is 5.82 Å². The second-order valence-corrected chi connectivity index (χ2v) is 2.21. The first-order valence-corrected chi connectivity index (χ1v) is 3.10. The summed E-state index contributed by atoms with van der Waals surface area (Å²) in [7, 11) is 4.85. The lowest BCUT2D eigenvalue weighted by molar-refractivity contribution is 0.108. The quantitative estimate of drug-likeness (QED) is 0.467. The van der Waals surface area contributed by atoms with Crippen molar-refractivity contribution in [3.05, 3.63) is 28.8 Å². The Morgan fingerprint density at radius 1 is 1.73 bits per heavy atom. The smallest absolute Gasteiger partial charge is 0.175 e. The molecule has 2 nitrogen and oxygen atoms in total. The second kappa shape index (κ2) is 3.01. The maximum Gasteiger partial charge on any atom is 0.175 e. The predicted molar refractivity (Wildman–Crippen MR) is 39.3 cm³/mol. The molecule has 1 aromatic heterocycles. The zero-order valence-corrected chi connectivity index (χ0v) is 6.10. The Morgan fingerprint density at radius 3 is 2.82 bits per heavy atom. The van der Waals surface area contributed by atoms with Gasteiger partial charge in [0.25, 0.3) is 0 Å². The molecule has 0 unspecified atom stereocenters. The molecule has 2 radical (unpaired) electrons. The van der Waals surface area contributed by atoms with Gasteiger partial charge in [0.05, 0.1) is 6.20 Å². The number of carbonyl (C=O) groups is 1. The molecule has 54 valence electrons. The zero-order valence-electron chi connectivity index (χ0n) is 5.34. The van der Waals surface area contributed by atoms with Crippen LogP contribution in [-0.4, -0.2) is 18.5 Å². The molecule has 1 aromatic rings. The minimum Gasteiger partial charge on any atom is -0.307 e. The lowest BCUT2D eigenvalue weighted by atomic mass is 9.96. The van der Waals surface area contributed by atoms with Gasteiger partial charge in [-0.1, -0.05) is 11.6 Å². The lowest BCUT2D eigenvalue weighted by Crippen LogP contribution is -2.00. The summed E-state index contributed by atoms with van der Waals surface area (Å²) in [6.45, 7) is 0. The number of carbonyl (C=O) groups excluding carboxylic acids is 1. The van der Waals surface area contributed by atoms with Crippen LogP contribution in [0.25, 0.3) is 0 Å². The number of nitrogens with zero attached hydrogens (tertiary/aromatic N) is 1. The first-order chi connectivity index (χ1) is 5.11. The fraction of sp³-hybridized carbons (Fsp3) is 0. The summed E-state index contributed by atoms with van der Waals surface area (Å²) >= 11 is 5.41. The number of halogens is 2. The normalized spacial score (nSPS) is 9.64. The molecule has 0 atom stereocenters. The van der Waals surface area contributed by atoms with Crippen LogP contribution >= 0.6 is 11.6 Å². The highest BCUT2D eigenvalue weighted by Crippen LogP contribution is 2.12. The average Bonchev–Trinajstić information content (AvgIpc) is 1.94. The van der Waals surface area contributed by atoms with E-state index >= 15 is 0 Å². The largest absolute Gasteiger partial charge is 0.307 e. The minimum absolute atomic E-state index is 0.0844. The maximum atomic E-state index is 12.4. The van der Waals surface area contributed by atoms with Gasteiger partial charge in [-0.2, -0.15) is 0 Å². The lowest BCUT2D eigenvalue weighted by Gasteiger charge is -1.97. The van der Waals surface area contributed by atoms with Crippen molar-refractivity contribution in [1.82, 2.24) is 4.98 Å². The second-order valence-electron chi connectivity index (χ2n) is 1.86. The van der Waals surface area contributed by atoms with Crippen molar-refractivity contribution in [2.24, 2.45) is 0 Å². The van der Waals surface area contributed by atoms with Crippen LogP contribution in [0.4, 0.5) is 4.39 Å². The van der Waals surface area contributed by atoms with E-state index in [1.165, 1.54) is 0 Å². The molecule has 0 fully saturated rings. The van der Waals surface area contributed by atoms with Gasteiger partial charge in [0, 0.05) is 5.56 Å². The van der Waals surface area contributed by atoms with Crippen molar-refractivity contribution in [2.75, 3.05) is 0 Å². The van der Waals surface area contributed by atoms with E-state index in [1.54, 1.807) is 0 Å². The summed E-state index contributed by atoms with van der Waals surface area (Å²) in [6, 6.07) is 0.942. The molecule has 0 saturated carbocycles. The van der Waals surface area contributed by atoms with Crippen molar-refractivity contribution in [1.29, 1.82) is 0 Å². The fourth-order valence-corrected chi connectivity index (χ4v) is 0.792. The van der Waals surface area contributed by atoms with Gasteiger partial charge in [-0.25, -0.2) is 9.37 Å². The van der Waals surface area contributed by atoms with Crippen LogP contribution in [0.5, 0.6) is 0 Å². The van der Waals surface area contributed by atoms with Crippen molar-refractivity contribution in [2.45, 2.75) is 0 Å². The van der Waals surface area contributed by atoms with Gasteiger partial charge in [0.1, 0.15) is 16.7 Å². The Balaban J connectivity index is 3.23. The Morgan fingerprint density at radius 2 is 2.36 bits per heavy atom. The molecule has 0 saturated heterocycles. The van der Waals surface area contributed by atoms with Gasteiger partial charge in [0.15, 0.2) is 7.85 Å². The zero-order chi connectivity index (χ0) is 8.43. The van der Waals surface area contributed by atoms with Gasteiger partial charge in [-0.15, -0.1) is 0 Å². The Kier molecular flexibility index (Phi) is 2.24. The molecular formula is C6H2BClFNO. The highest BCUT2D eigenvalue weighted by Gasteiger charge is 2.06. The Hall–Kier alpha value is -0.895. The first-order valence-electron chi connectivity index (χ1n) is 2.72. The SMILES string of the molecule is [B]C(=O)c1cc(F)cnc1Cl. The van der Waals surface area contributed by atoms with Crippen LogP contribution in [-0.2, 0) is 0 Å². The van der Waals surface area contributed by atoms with E-state index in [0.29, 0.717) is 0 Å². The molecule has 11 heavy (non-hydrogen) atoms. The summed E-state index contributed by atoms with van der Waals surface area (Å²) < 4.78 is 12.4. The number of rotatable bonds is 1. The summed E-state index contributed by atoms with van der Waals surface area (Å²) in [4.78, 5) is 13.9. The van der Waals surface area contributed by atoms with E-state index in [0.717, 1.165) is 12.3 Å². The molecule has 0 aliphatic heterocycles. The van der Waals surface area contributed by atoms with Gasteiger partial charge >= 0.3 is 0 Å². The monoisotopic (exact) mass is 169 g/mol. The third-order valence-corrected chi connectivity index (χ3v) is 1.37. The Bertz CT molecular complexity index is 305. The van der Waals surface area contributed by atoms with Gasteiger partial charge < -0.3 is 4.79 Å². The molecule has 1 heterocycles. The van der Waals surface area contributed by atoms with Gasteiger partial charge in [0.2, 0.25) is 0 Å².